The molecule has 1 aromatic carbocycles. The molecule has 0 saturated heterocycles. The number of aromatic nitrogens is 1. The van der Waals surface area contributed by atoms with Crippen molar-refractivity contribution in [2.24, 2.45) is 12.0 Å². The zero-order valence-electron chi connectivity index (χ0n) is 16.3. The number of hydrogen-bond donors (Lipinski definition) is 2. The highest BCUT2D eigenvalue weighted by molar-refractivity contribution is 7.89. The summed E-state index contributed by atoms with van der Waals surface area (Å²) in [7, 11) is 1.52. The number of nitro benzene ring substituents is 1. The SMILES string of the molecule is CN=C(NCCNS(=O)(=O)c1cccc([N+](=O)[O-])c1)N(C)Cc1cc(Cl)cn1C. The van der Waals surface area contributed by atoms with Crippen molar-refractivity contribution >= 4 is 33.3 Å². The largest absolute Gasteiger partial charge is 0.355 e. The first-order chi connectivity index (χ1) is 13.6. The molecule has 0 aliphatic rings. The van der Waals surface area contributed by atoms with Gasteiger partial charge in [0.05, 0.1) is 21.4 Å². The Morgan fingerprint density at radius 1 is 1.34 bits per heavy atom. The van der Waals surface area contributed by atoms with E-state index in [1.54, 1.807) is 7.05 Å². The van der Waals surface area contributed by atoms with Gasteiger partial charge in [-0.05, 0) is 12.1 Å². The van der Waals surface area contributed by atoms with Crippen LogP contribution >= 0.6 is 11.6 Å². The van der Waals surface area contributed by atoms with Crippen LogP contribution in [0, 0.1) is 10.1 Å². The van der Waals surface area contributed by atoms with Crippen LogP contribution < -0.4 is 10.0 Å². The summed E-state index contributed by atoms with van der Waals surface area (Å²) in [5, 5.41) is 14.5. The minimum atomic E-state index is -3.86. The van der Waals surface area contributed by atoms with E-state index in [1.165, 1.54) is 18.2 Å². The van der Waals surface area contributed by atoms with Crippen LogP contribution in [0.5, 0.6) is 0 Å². The molecule has 0 atom stereocenters. The lowest BCUT2D eigenvalue weighted by Gasteiger charge is -2.22. The number of sulfonamides is 1. The van der Waals surface area contributed by atoms with Crippen molar-refractivity contribution in [3.63, 3.8) is 0 Å². The van der Waals surface area contributed by atoms with Crippen LogP contribution in [0.25, 0.3) is 0 Å². The maximum Gasteiger partial charge on any atom is 0.270 e. The standard InChI is InChI=1S/C17H23ClN6O4S/c1-19-17(23(3)12-15-9-13(18)11-22(15)2)20-7-8-21-29(27,28)16-6-4-5-14(10-16)24(25)26/h4-6,9-11,21H,7-8,12H2,1-3H3,(H,19,20). The predicted molar refractivity (Wildman–Crippen MR) is 112 cm³/mol. The van der Waals surface area contributed by atoms with E-state index in [0.717, 1.165) is 11.8 Å². The van der Waals surface area contributed by atoms with Crippen LogP contribution in [0.3, 0.4) is 0 Å². The van der Waals surface area contributed by atoms with Crippen molar-refractivity contribution in [2.45, 2.75) is 11.4 Å². The lowest BCUT2D eigenvalue weighted by atomic mass is 10.3. The Morgan fingerprint density at radius 3 is 2.66 bits per heavy atom. The summed E-state index contributed by atoms with van der Waals surface area (Å²) in [6, 6.07) is 6.75. The molecular formula is C17H23ClN6O4S. The third-order valence-corrected chi connectivity index (χ3v) is 5.75. The molecule has 10 nitrogen and oxygen atoms in total. The average molecular weight is 443 g/mol. The molecule has 0 radical (unpaired) electrons. The molecular weight excluding hydrogens is 420 g/mol. The first-order valence-electron chi connectivity index (χ1n) is 8.60. The Hall–Kier alpha value is -2.63. The number of aryl methyl sites for hydroxylation is 1. The summed E-state index contributed by atoms with van der Waals surface area (Å²) in [5.41, 5.74) is 0.709. The van der Waals surface area contributed by atoms with Gasteiger partial charge in [0.25, 0.3) is 5.69 Å². The number of guanidine groups is 1. The Bertz CT molecular complexity index is 1010. The summed E-state index contributed by atoms with van der Waals surface area (Å²) in [5.74, 6) is 0.580. The molecule has 0 spiro atoms. The highest BCUT2D eigenvalue weighted by atomic mass is 35.5. The van der Waals surface area contributed by atoms with Crippen molar-refractivity contribution < 1.29 is 13.3 Å². The van der Waals surface area contributed by atoms with Crippen LogP contribution in [0.2, 0.25) is 5.02 Å². The second-order valence-electron chi connectivity index (χ2n) is 6.24. The van der Waals surface area contributed by atoms with Crippen LogP contribution in [0.4, 0.5) is 5.69 Å². The number of nitrogens with one attached hydrogen (secondary N) is 2. The summed E-state index contributed by atoms with van der Waals surface area (Å²) >= 11 is 6.00. The predicted octanol–water partition coefficient (Wildman–Crippen LogP) is 1.57. The zero-order valence-corrected chi connectivity index (χ0v) is 17.9. The molecule has 158 valence electrons. The van der Waals surface area contributed by atoms with Gasteiger partial charge >= 0.3 is 0 Å². The van der Waals surface area contributed by atoms with E-state index in [0.29, 0.717) is 17.5 Å². The lowest BCUT2D eigenvalue weighted by Crippen LogP contribution is -2.42. The quantitative estimate of drug-likeness (QED) is 0.210. The molecule has 2 rings (SSSR count). The maximum absolute atomic E-state index is 12.3. The molecule has 2 aromatic rings. The van der Waals surface area contributed by atoms with Crippen LogP contribution in [0.15, 0.2) is 46.4 Å². The molecule has 0 aliphatic carbocycles. The highest BCUT2D eigenvalue weighted by Gasteiger charge is 2.17. The van der Waals surface area contributed by atoms with E-state index >= 15 is 0 Å². The van der Waals surface area contributed by atoms with E-state index < -0.39 is 14.9 Å². The molecule has 0 fully saturated rings. The number of benzene rings is 1. The molecule has 0 saturated carbocycles. The van der Waals surface area contributed by atoms with Gasteiger partial charge in [0.1, 0.15) is 0 Å². The van der Waals surface area contributed by atoms with Gasteiger partial charge < -0.3 is 14.8 Å². The second-order valence-corrected chi connectivity index (χ2v) is 8.45. The molecule has 0 bridgehead atoms. The van der Waals surface area contributed by atoms with Gasteiger partial charge in [0, 0.05) is 58.3 Å². The molecule has 0 unspecified atom stereocenters. The van der Waals surface area contributed by atoms with E-state index in [4.69, 9.17) is 11.6 Å². The third-order valence-electron chi connectivity index (χ3n) is 4.09. The van der Waals surface area contributed by atoms with Gasteiger partial charge in [-0.25, -0.2) is 13.1 Å². The normalized spacial score (nSPS) is 12.1. The first kappa shape index (κ1) is 22.7. The van der Waals surface area contributed by atoms with Gasteiger partial charge in [-0.1, -0.05) is 17.7 Å². The Balaban J connectivity index is 1.90. The van der Waals surface area contributed by atoms with E-state index in [1.807, 2.05) is 35.8 Å². The Kier molecular flexibility index (Phi) is 7.59. The smallest absolute Gasteiger partial charge is 0.270 e. The minimum absolute atomic E-state index is 0.0773. The zero-order chi connectivity index (χ0) is 21.6. The van der Waals surface area contributed by atoms with E-state index in [9.17, 15) is 18.5 Å². The van der Waals surface area contributed by atoms with Crippen molar-refractivity contribution in [3.05, 3.63) is 57.4 Å². The highest BCUT2D eigenvalue weighted by Crippen LogP contribution is 2.17. The fraction of sp³-hybridized carbons (Fsp3) is 0.353. The Morgan fingerprint density at radius 2 is 2.07 bits per heavy atom. The topological polar surface area (TPSA) is 122 Å². The second kappa shape index (κ2) is 9.72. The van der Waals surface area contributed by atoms with Crippen molar-refractivity contribution in [3.8, 4) is 0 Å². The molecule has 1 aromatic heterocycles. The van der Waals surface area contributed by atoms with Crippen LogP contribution in [-0.4, -0.2) is 56.0 Å². The van der Waals surface area contributed by atoms with Crippen LogP contribution in [-0.2, 0) is 23.6 Å². The van der Waals surface area contributed by atoms with Crippen molar-refractivity contribution in [1.29, 1.82) is 0 Å². The number of aliphatic imine (C=N–C) groups is 1. The number of nitrogens with zero attached hydrogens (tertiary/aromatic N) is 4. The summed E-state index contributed by atoms with van der Waals surface area (Å²) < 4.78 is 29.0. The Labute approximate surface area is 174 Å². The van der Waals surface area contributed by atoms with Gasteiger partial charge in [-0.3, -0.25) is 15.1 Å². The van der Waals surface area contributed by atoms with Crippen LogP contribution in [0.1, 0.15) is 5.69 Å². The van der Waals surface area contributed by atoms with E-state index in [2.05, 4.69) is 15.0 Å². The number of nitro groups is 1. The number of hydrogen-bond acceptors (Lipinski definition) is 5. The maximum atomic E-state index is 12.3. The molecule has 1 heterocycles. The third kappa shape index (κ3) is 6.17. The summed E-state index contributed by atoms with van der Waals surface area (Å²) in [4.78, 5) is 16.1. The van der Waals surface area contributed by atoms with Gasteiger partial charge in [-0.15, -0.1) is 0 Å². The average Bonchev–Trinajstić information content (AvgIpc) is 2.98. The molecule has 0 amide bonds. The molecule has 29 heavy (non-hydrogen) atoms. The summed E-state index contributed by atoms with van der Waals surface area (Å²) in [6.45, 7) is 0.912. The number of rotatable bonds is 8. The molecule has 2 N–H and O–H groups in total. The van der Waals surface area contributed by atoms with Crippen molar-refractivity contribution in [2.75, 3.05) is 27.2 Å². The lowest BCUT2D eigenvalue weighted by molar-refractivity contribution is -0.385. The monoisotopic (exact) mass is 442 g/mol. The van der Waals surface area contributed by atoms with Crippen molar-refractivity contribution in [1.82, 2.24) is 19.5 Å². The fourth-order valence-corrected chi connectivity index (χ4v) is 3.98. The number of non-ortho nitro benzene ring substituents is 1. The number of halogens is 1. The molecule has 0 aliphatic heterocycles. The van der Waals surface area contributed by atoms with Gasteiger partial charge in [-0.2, -0.15) is 0 Å². The van der Waals surface area contributed by atoms with Gasteiger partial charge in [0.15, 0.2) is 5.96 Å². The first-order valence-corrected chi connectivity index (χ1v) is 10.5. The minimum Gasteiger partial charge on any atom is -0.355 e. The molecule has 12 heteroatoms. The van der Waals surface area contributed by atoms with Gasteiger partial charge in [0.2, 0.25) is 10.0 Å². The van der Waals surface area contributed by atoms with E-state index in [-0.39, 0.29) is 23.7 Å². The fourth-order valence-electron chi connectivity index (χ4n) is 2.63. The summed E-state index contributed by atoms with van der Waals surface area (Å²) in [6.07, 6.45) is 1.81.